The lowest BCUT2D eigenvalue weighted by Crippen LogP contribution is -2.37. The molecule has 3 rings (SSSR count). The number of alkyl halides is 3. The molecule has 3 fully saturated rings. The molecule has 1 heterocycles. The summed E-state index contributed by atoms with van der Waals surface area (Å²) >= 11 is 0. The molecule has 1 saturated heterocycles. The van der Waals surface area contributed by atoms with Gasteiger partial charge in [-0.15, -0.1) is 0 Å². The van der Waals surface area contributed by atoms with Gasteiger partial charge in [-0.2, -0.15) is 13.2 Å². The molecule has 3 atom stereocenters. The Morgan fingerprint density at radius 1 is 0.900 bits per heavy atom. The van der Waals surface area contributed by atoms with Crippen molar-refractivity contribution in [2.75, 3.05) is 6.61 Å². The molecule has 30 heavy (non-hydrogen) atoms. The van der Waals surface area contributed by atoms with Gasteiger partial charge in [-0.3, -0.25) is 0 Å². The maximum Gasteiger partial charge on any atom is 0.412 e. The van der Waals surface area contributed by atoms with E-state index in [9.17, 15) is 17.6 Å². The molecule has 0 amide bonds. The molecule has 0 radical (unpaired) electrons. The number of hydrogen-bond acceptors (Lipinski definition) is 1. The van der Waals surface area contributed by atoms with E-state index in [1.54, 1.807) is 0 Å². The Balaban J connectivity index is 1.38. The summed E-state index contributed by atoms with van der Waals surface area (Å²) < 4.78 is 57.3. The normalized spacial score (nSPS) is 37.7. The highest BCUT2D eigenvalue weighted by molar-refractivity contribution is 5.03. The van der Waals surface area contributed by atoms with Crippen LogP contribution in [0.15, 0.2) is 11.9 Å². The molecule has 1 aliphatic heterocycles. The minimum atomic E-state index is -4.56. The van der Waals surface area contributed by atoms with Crippen LogP contribution in [0.2, 0.25) is 0 Å². The lowest BCUT2D eigenvalue weighted by Gasteiger charge is -2.42. The van der Waals surface area contributed by atoms with E-state index in [2.05, 4.69) is 13.8 Å². The molecule has 1 nitrogen and oxygen atoms in total. The van der Waals surface area contributed by atoms with Crippen LogP contribution < -0.4 is 0 Å². The fourth-order valence-electron chi connectivity index (χ4n) is 6.45. The van der Waals surface area contributed by atoms with E-state index in [0.717, 1.165) is 43.6 Å². The zero-order valence-corrected chi connectivity index (χ0v) is 18.7. The number of rotatable bonds is 6. The Morgan fingerprint density at radius 2 is 1.50 bits per heavy atom. The van der Waals surface area contributed by atoms with Crippen molar-refractivity contribution >= 4 is 0 Å². The van der Waals surface area contributed by atoms with Gasteiger partial charge in [-0.05, 0) is 93.8 Å². The first-order chi connectivity index (χ1) is 14.3. The van der Waals surface area contributed by atoms with Gasteiger partial charge in [-0.25, -0.2) is 4.39 Å². The fourth-order valence-corrected chi connectivity index (χ4v) is 6.45. The molecular weight excluding hydrogens is 392 g/mol. The number of halogens is 4. The van der Waals surface area contributed by atoms with E-state index >= 15 is 0 Å². The van der Waals surface area contributed by atoms with Crippen LogP contribution in [0.1, 0.15) is 90.9 Å². The van der Waals surface area contributed by atoms with Gasteiger partial charge in [-0.1, -0.05) is 26.7 Å². The topological polar surface area (TPSA) is 9.23 Å². The molecule has 0 spiro atoms. The van der Waals surface area contributed by atoms with E-state index in [0.29, 0.717) is 24.7 Å². The van der Waals surface area contributed by atoms with Gasteiger partial charge in [0.1, 0.15) is 5.83 Å². The van der Waals surface area contributed by atoms with Crippen molar-refractivity contribution in [3.8, 4) is 0 Å². The minimum Gasteiger partial charge on any atom is -0.378 e. The summed E-state index contributed by atoms with van der Waals surface area (Å²) in [5, 5.41) is 0. The zero-order chi connectivity index (χ0) is 21.7. The standard InChI is InChI=1S/C25H40F4O/c1-3-4-17(2)18-5-7-19(8-6-18)22-13-14-24(30-16-22)21-11-9-20(10-12-21)23(26)15-25(27,28)29/h15,17-22,24H,3-14,16H2,1-2H3/b23-15-. The molecule has 0 N–H and O–H groups in total. The summed E-state index contributed by atoms with van der Waals surface area (Å²) in [6.45, 7) is 5.54. The molecule has 0 aromatic rings. The monoisotopic (exact) mass is 432 g/mol. The maximum absolute atomic E-state index is 13.8. The Labute approximate surface area is 180 Å². The smallest absolute Gasteiger partial charge is 0.378 e. The van der Waals surface area contributed by atoms with E-state index < -0.39 is 17.9 Å². The van der Waals surface area contributed by atoms with Crippen molar-refractivity contribution in [3.05, 3.63) is 11.9 Å². The van der Waals surface area contributed by atoms with Gasteiger partial charge in [0, 0.05) is 5.92 Å². The van der Waals surface area contributed by atoms with Crippen molar-refractivity contribution in [1.29, 1.82) is 0 Å². The average molecular weight is 433 g/mol. The second kappa shape index (κ2) is 10.8. The molecule has 0 bridgehead atoms. The van der Waals surface area contributed by atoms with E-state index in [4.69, 9.17) is 4.74 Å². The van der Waals surface area contributed by atoms with Crippen molar-refractivity contribution in [2.45, 2.75) is 103 Å². The number of hydrogen-bond donors (Lipinski definition) is 0. The molecular formula is C25H40F4O. The molecule has 2 saturated carbocycles. The van der Waals surface area contributed by atoms with E-state index in [-0.39, 0.29) is 12.2 Å². The third-order valence-corrected chi connectivity index (χ3v) is 8.37. The summed E-state index contributed by atoms with van der Waals surface area (Å²) in [6, 6.07) is 0. The summed E-state index contributed by atoms with van der Waals surface area (Å²) in [6.07, 6.45) is 8.40. The Kier molecular flexibility index (Phi) is 8.69. The number of allylic oxidation sites excluding steroid dienone is 2. The first-order valence-electron chi connectivity index (χ1n) is 12.3. The lowest BCUT2D eigenvalue weighted by molar-refractivity contribution is -0.0833. The fraction of sp³-hybridized carbons (Fsp3) is 0.920. The van der Waals surface area contributed by atoms with E-state index in [1.165, 1.54) is 44.9 Å². The van der Waals surface area contributed by atoms with Crippen LogP contribution in [0.3, 0.4) is 0 Å². The highest BCUT2D eigenvalue weighted by atomic mass is 19.4. The van der Waals surface area contributed by atoms with Gasteiger partial charge >= 0.3 is 6.18 Å². The number of ether oxygens (including phenoxy) is 1. The van der Waals surface area contributed by atoms with Crippen molar-refractivity contribution in [1.82, 2.24) is 0 Å². The van der Waals surface area contributed by atoms with Gasteiger partial charge in [0.15, 0.2) is 0 Å². The van der Waals surface area contributed by atoms with Crippen molar-refractivity contribution in [2.24, 2.45) is 35.5 Å². The molecule has 5 heteroatoms. The summed E-state index contributed by atoms with van der Waals surface area (Å²) in [4.78, 5) is 0. The highest BCUT2D eigenvalue weighted by Crippen LogP contribution is 2.43. The lowest BCUT2D eigenvalue weighted by atomic mass is 9.69. The second-order valence-corrected chi connectivity index (χ2v) is 10.3. The van der Waals surface area contributed by atoms with E-state index in [1.807, 2.05) is 0 Å². The van der Waals surface area contributed by atoms with Crippen molar-refractivity contribution in [3.63, 3.8) is 0 Å². The third-order valence-electron chi connectivity index (χ3n) is 8.37. The van der Waals surface area contributed by atoms with Gasteiger partial charge < -0.3 is 4.74 Å². The van der Waals surface area contributed by atoms with Crippen molar-refractivity contribution < 1.29 is 22.3 Å². The van der Waals surface area contributed by atoms with Crippen LogP contribution in [-0.4, -0.2) is 18.9 Å². The Morgan fingerprint density at radius 3 is 2.03 bits per heavy atom. The van der Waals surface area contributed by atoms with Crippen LogP contribution in [0, 0.1) is 35.5 Å². The summed E-state index contributed by atoms with van der Waals surface area (Å²) in [7, 11) is 0. The predicted octanol–water partition coefficient (Wildman–Crippen LogP) is 8.25. The van der Waals surface area contributed by atoms with Crippen LogP contribution in [-0.2, 0) is 4.74 Å². The second-order valence-electron chi connectivity index (χ2n) is 10.3. The maximum atomic E-state index is 13.8. The van der Waals surface area contributed by atoms with Crippen LogP contribution >= 0.6 is 0 Å². The van der Waals surface area contributed by atoms with Gasteiger partial charge in [0.2, 0.25) is 0 Å². The first-order valence-corrected chi connectivity index (χ1v) is 12.3. The van der Waals surface area contributed by atoms with Gasteiger partial charge in [0.25, 0.3) is 0 Å². The Bertz CT molecular complexity index is 534. The van der Waals surface area contributed by atoms with Crippen LogP contribution in [0.4, 0.5) is 17.6 Å². The summed E-state index contributed by atoms with van der Waals surface area (Å²) in [5.41, 5.74) is 0. The molecule has 0 aromatic heterocycles. The first kappa shape index (κ1) is 24.1. The largest absolute Gasteiger partial charge is 0.412 e. The quantitative estimate of drug-likeness (QED) is 0.384. The molecule has 0 aromatic carbocycles. The molecule has 174 valence electrons. The van der Waals surface area contributed by atoms with Gasteiger partial charge in [0.05, 0.1) is 18.8 Å². The SMILES string of the molecule is CCCC(C)C1CCC(C2CCC(C3CCC(/C(F)=C/C(F)(F)F)CC3)OC2)CC1. The average Bonchev–Trinajstić information content (AvgIpc) is 2.73. The third kappa shape index (κ3) is 6.71. The minimum absolute atomic E-state index is 0.155. The highest BCUT2D eigenvalue weighted by Gasteiger charge is 2.37. The Hall–Kier alpha value is -0.580. The van der Waals surface area contributed by atoms with Crippen LogP contribution in [0.25, 0.3) is 0 Å². The summed E-state index contributed by atoms with van der Waals surface area (Å²) in [5.74, 6) is 2.06. The zero-order valence-electron chi connectivity index (χ0n) is 18.7. The molecule has 2 aliphatic carbocycles. The predicted molar refractivity (Wildman–Crippen MR) is 113 cm³/mol. The molecule has 3 unspecified atom stereocenters. The molecule has 3 aliphatic rings. The van der Waals surface area contributed by atoms with Crippen LogP contribution in [0.5, 0.6) is 0 Å².